The molecule has 0 aliphatic rings. The highest BCUT2D eigenvalue weighted by molar-refractivity contribution is 7.09. The lowest BCUT2D eigenvalue weighted by molar-refractivity contribution is -0.117. The first-order valence-electron chi connectivity index (χ1n) is 10.7. The number of halogens is 1. The minimum Gasteiger partial charge on any atom is -0.491 e. The van der Waals surface area contributed by atoms with Gasteiger partial charge in [-0.3, -0.25) is 14.6 Å². The van der Waals surface area contributed by atoms with Crippen LogP contribution >= 0.6 is 11.3 Å². The summed E-state index contributed by atoms with van der Waals surface area (Å²) in [4.78, 5) is 31.8. The predicted octanol–water partition coefficient (Wildman–Crippen LogP) is 5.33. The molecule has 1 amide bonds. The summed E-state index contributed by atoms with van der Waals surface area (Å²) in [5.74, 6) is 0.579. The van der Waals surface area contributed by atoms with Crippen molar-refractivity contribution in [1.29, 1.82) is 0 Å². The van der Waals surface area contributed by atoms with E-state index in [9.17, 15) is 14.0 Å². The number of carbonyl (C=O) groups excluding carboxylic acids is 2. The number of ether oxygens (including phenoxy) is 2. The molecule has 4 rings (SSSR count). The molecule has 0 radical (unpaired) electrons. The van der Waals surface area contributed by atoms with E-state index in [0.717, 1.165) is 6.42 Å². The Balaban J connectivity index is 1.55. The number of pyridine rings is 1. The van der Waals surface area contributed by atoms with Gasteiger partial charge in [0.1, 0.15) is 28.8 Å². The van der Waals surface area contributed by atoms with Gasteiger partial charge in [-0.1, -0.05) is 13.0 Å². The molecule has 0 atom stereocenters. The highest BCUT2D eigenvalue weighted by Gasteiger charge is 2.14. The van der Waals surface area contributed by atoms with E-state index in [-0.39, 0.29) is 24.4 Å². The van der Waals surface area contributed by atoms with Crippen molar-refractivity contribution in [1.82, 2.24) is 9.97 Å². The van der Waals surface area contributed by atoms with Crippen molar-refractivity contribution < 1.29 is 23.5 Å². The smallest absolute Gasteiger partial charge is 0.211 e. The van der Waals surface area contributed by atoms with Crippen molar-refractivity contribution in [2.24, 2.45) is 0 Å². The Hall–Kier alpha value is -3.85. The minimum atomic E-state index is -0.526. The Morgan fingerprint density at radius 1 is 1.12 bits per heavy atom. The largest absolute Gasteiger partial charge is 0.491 e. The van der Waals surface area contributed by atoms with Gasteiger partial charge in [0.2, 0.25) is 6.41 Å². The fourth-order valence-electron chi connectivity index (χ4n) is 3.39. The minimum absolute atomic E-state index is 0.0227. The van der Waals surface area contributed by atoms with Crippen LogP contribution in [0.2, 0.25) is 0 Å². The maximum absolute atomic E-state index is 14.7. The Labute approximate surface area is 199 Å². The number of amides is 1. The Morgan fingerprint density at radius 2 is 2.00 bits per heavy atom. The van der Waals surface area contributed by atoms with Gasteiger partial charge in [0.05, 0.1) is 29.2 Å². The molecular formula is C25H22FN3O4S. The van der Waals surface area contributed by atoms with Crippen molar-refractivity contribution in [2.45, 2.75) is 26.2 Å². The Kier molecular flexibility index (Phi) is 7.44. The lowest BCUT2D eigenvalue weighted by Gasteiger charge is -2.14. The van der Waals surface area contributed by atoms with Crippen LogP contribution in [0.25, 0.3) is 10.9 Å². The summed E-state index contributed by atoms with van der Waals surface area (Å²) >= 11 is 1.40. The molecule has 0 saturated carbocycles. The van der Waals surface area contributed by atoms with Crippen molar-refractivity contribution in [2.75, 3.05) is 11.9 Å². The normalized spacial score (nSPS) is 10.8. The van der Waals surface area contributed by atoms with Crippen molar-refractivity contribution >= 4 is 40.1 Å². The van der Waals surface area contributed by atoms with Gasteiger partial charge >= 0.3 is 0 Å². The summed E-state index contributed by atoms with van der Waals surface area (Å²) in [6.45, 7) is 2.48. The van der Waals surface area contributed by atoms with Gasteiger partial charge < -0.3 is 14.8 Å². The molecule has 9 heteroatoms. The number of fused-ring (bicyclic) bond motifs is 1. The van der Waals surface area contributed by atoms with E-state index in [4.69, 9.17) is 9.47 Å². The predicted molar refractivity (Wildman–Crippen MR) is 128 cm³/mol. The molecular weight excluding hydrogens is 457 g/mol. The van der Waals surface area contributed by atoms with Gasteiger partial charge in [0.15, 0.2) is 0 Å². The van der Waals surface area contributed by atoms with Gasteiger partial charge in [-0.15, -0.1) is 11.3 Å². The Morgan fingerprint density at radius 3 is 2.74 bits per heavy atom. The standard InChI is InChI=1S/C25H22FN3O4S/c1-2-8-32-24-14-21-19(13-22(24)29-15-30)23(5-6-27-21)33-18-4-3-16(20(26)12-18)10-17(31)11-25-28-7-9-34-25/h3-7,9,12-15H,2,8,10-11H2,1H3,(H,29,30). The first kappa shape index (κ1) is 23.3. The van der Waals surface area contributed by atoms with Gasteiger partial charge in [-0.05, 0) is 30.2 Å². The van der Waals surface area contributed by atoms with Gasteiger partial charge in [-0.2, -0.15) is 0 Å². The second kappa shape index (κ2) is 10.8. The zero-order valence-electron chi connectivity index (χ0n) is 18.4. The van der Waals surface area contributed by atoms with E-state index < -0.39 is 5.82 Å². The third-order valence-corrected chi connectivity index (χ3v) is 5.73. The maximum Gasteiger partial charge on any atom is 0.211 e. The number of carbonyl (C=O) groups is 2. The second-order valence-electron chi connectivity index (χ2n) is 7.46. The van der Waals surface area contributed by atoms with Gasteiger partial charge in [0.25, 0.3) is 0 Å². The summed E-state index contributed by atoms with van der Waals surface area (Å²) in [6, 6.07) is 9.50. The van der Waals surface area contributed by atoms with Crippen LogP contribution in [0.1, 0.15) is 23.9 Å². The quantitative estimate of drug-likeness (QED) is 0.292. The van der Waals surface area contributed by atoms with Crippen LogP contribution in [0.4, 0.5) is 10.1 Å². The average molecular weight is 480 g/mol. The summed E-state index contributed by atoms with van der Waals surface area (Å²) in [7, 11) is 0. The zero-order valence-corrected chi connectivity index (χ0v) is 19.2. The molecule has 0 aliphatic heterocycles. The number of hydrogen-bond acceptors (Lipinski definition) is 7. The SMILES string of the molecule is CCCOc1cc2nccc(Oc3ccc(CC(=O)Cc4nccs4)c(F)c3)c2cc1NC=O. The van der Waals surface area contributed by atoms with E-state index in [2.05, 4.69) is 15.3 Å². The van der Waals surface area contributed by atoms with Crippen molar-refractivity contribution in [3.63, 3.8) is 0 Å². The summed E-state index contributed by atoms with van der Waals surface area (Å²) in [5, 5.41) is 5.77. The fraction of sp³-hybridized carbons (Fsp3) is 0.200. The van der Waals surface area contributed by atoms with Crippen LogP contribution in [-0.4, -0.2) is 28.8 Å². The molecule has 34 heavy (non-hydrogen) atoms. The molecule has 7 nitrogen and oxygen atoms in total. The van der Waals surface area contributed by atoms with E-state index in [1.807, 2.05) is 6.92 Å². The third-order valence-electron chi connectivity index (χ3n) is 4.95. The van der Waals surface area contributed by atoms with E-state index in [0.29, 0.717) is 51.7 Å². The van der Waals surface area contributed by atoms with Crippen LogP contribution in [0.3, 0.4) is 0 Å². The van der Waals surface area contributed by atoms with Gasteiger partial charge in [0, 0.05) is 41.7 Å². The number of anilines is 1. The van der Waals surface area contributed by atoms with Crippen LogP contribution < -0.4 is 14.8 Å². The zero-order chi connectivity index (χ0) is 23.9. The lowest BCUT2D eigenvalue weighted by Crippen LogP contribution is -2.07. The number of thiazole rings is 1. The summed E-state index contributed by atoms with van der Waals surface area (Å²) < 4.78 is 26.4. The number of rotatable bonds is 11. The molecule has 174 valence electrons. The molecule has 0 fully saturated rings. The van der Waals surface area contributed by atoms with E-state index >= 15 is 0 Å². The number of nitrogens with zero attached hydrogens (tertiary/aromatic N) is 2. The number of ketones is 1. The fourth-order valence-corrected chi connectivity index (χ4v) is 4.04. The average Bonchev–Trinajstić information content (AvgIpc) is 3.33. The topological polar surface area (TPSA) is 90.4 Å². The van der Waals surface area contributed by atoms with Crippen LogP contribution in [-0.2, 0) is 22.4 Å². The number of benzene rings is 2. The maximum atomic E-state index is 14.7. The highest BCUT2D eigenvalue weighted by atomic mass is 32.1. The Bertz CT molecular complexity index is 1310. The molecule has 2 heterocycles. The summed E-state index contributed by atoms with van der Waals surface area (Å²) in [5.41, 5.74) is 1.38. The molecule has 2 aromatic heterocycles. The number of hydrogen-bond donors (Lipinski definition) is 1. The molecule has 0 saturated heterocycles. The monoisotopic (exact) mass is 479 g/mol. The third kappa shape index (κ3) is 5.55. The molecule has 0 bridgehead atoms. The first-order valence-corrected chi connectivity index (χ1v) is 11.6. The number of aromatic nitrogens is 2. The van der Waals surface area contributed by atoms with Crippen LogP contribution in [0.5, 0.6) is 17.2 Å². The summed E-state index contributed by atoms with van der Waals surface area (Å²) in [6.07, 6.45) is 4.76. The molecule has 2 aromatic carbocycles. The van der Waals surface area contributed by atoms with Crippen molar-refractivity contribution in [3.05, 3.63) is 70.6 Å². The van der Waals surface area contributed by atoms with Gasteiger partial charge in [-0.25, -0.2) is 9.37 Å². The van der Waals surface area contributed by atoms with Crippen molar-refractivity contribution in [3.8, 4) is 17.2 Å². The van der Waals surface area contributed by atoms with Crippen LogP contribution in [0.15, 0.2) is 54.2 Å². The lowest BCUT2D eigenvalue weighted by atomic mass is 10.1. The van der Waals surface area contributed by atoms with Crippen LogP contribution in [0, 0.1) is 5.82 Å². The number of nitrogens with one attached hydrogen (secondary N) is 1. The number of Topliss-reactive ketones (excluding diaryl/α,β-unsaturated/α-hetero) is 1. The molecule has 1 N–H and O–H groups in total. The van der Waals surface area contributed by atoms with E-state index in [1.54, 1.807) is 48.1 Å². The molecule has 0 aliphatic carbocycles. The highest BCUT2D eigenvalue weighted by Crippen LogP contribution is 2.36. The van der Waals surface area contributed by atoms with E-state index in [1.165, 1.54) is 17.4 Å². The molecule has 0 unspecified atom stereocenters. The second-order valence-corrected chi connectivity index (χ2v) is 8.44. The molecule has 4 aromatic rings. The first-order chi connectivity index (χ1) is 16.6. The molecule has 0 spiro atoms.